The molecule has 7 nitrogen and oxygen atoms in total. The lowest BCUT2D eigenvalue weighted by Gasteiger charge is -2.32. The molecule has 0 aromatic heterocycles. The number of nitrogens with one attached hydrogen (secondary N) is 1. The number of hydrogen-bond donors (Lipinski definition) is 1. The topological polar surface area (TPSA) is 86.8 Å². The summed E-state index contributed by atoms with van der Waals surface area (Å²) in [6.45, 7) is 6.98. The van der Waals surface area contributed by atoms with E-state index in [1.807, 2.05) is 86.6 Å². The fourth-order valence-corrected chi connectivity index (χ4v) is 5.81. The Balaban J connectivity index is 1.87. The normalized spacial score (nSPS) is 12.0. The van der Waals surface area contributed by atoms with Gasteiger partial charge in [0.05, 0.1) is 11.9 Å². The molecule has 2 amide bonds. The maximum Gasteiger partial charge on any atom is 0.243 e. The third-order valence-corrected chi connectivity index (χ3v) is 8.17. The van der Waals surface area contributed by atoms with E-state index in [0.717, 1.165) is 35.1 Å². The molecular weight excluding hydrogens is 534 g/mol. The number of carbonyl (C=O) groups excluding carboxylic acids is 2. The molecule has 1 atom stereocenters. The monoisotopic (exact) mass is 577 g/mol. The highest BCUT2D eigenvalue weighted by atomic mass is 32.2. The largest absolute Gasteiger partial charge is 0.354 e. The van der Waals surface area contributed by atoms with Crippen molar-refractivity contribution in [3.05, 3.63) is 101 Å². The van der Waals surface area contributed by atoms with Crippen molar-refractivity contribution in [2.24, 2.45) is 0 Å². The first kappa shape index (κ1) is 31.9. The minimum atomic E-state index is -3.55. The summed E-state index contributed by atoms with van der Waals surface area (Å²) in [5.41, 5.74) is 4.51. The van der Waals surface area contributed by atoms with Crippen LogP contribution >= 0.6 is 0 Å². The predicted molar refractivity (Wildman–Crippen MR) is 166 cm³/mol. The molecule has 0 saturated heterocycles. The molecule has 0 radical (unpaired) electrons. The minimum absolute atomic E-state index is 0.108. The van der Waals surface area contributed by atoms with Gasteiger partial charge in [0.25, 0.3) is 0 Å². The third kappa shape index (κ3) is 10.0. The predicted octanol–water partition coefficient (Wildman–Crippen LogP) is 5.41. The van der Waals surface area contributed by atoms with Crippen LogP contribution in [0.15, 0.2) is 78.9 Å². The summed E-state index contributed by atoms with van der Waals surface area (Å²) in [4.78, 5) is 29.1. The third-order valence-electron chi connectivity index (χ3n) is 6.98. The number of carbonyl (C=O) groups is 2. The molecule has 3 rings (SSSR count). The number of rotatable bonds is 15. The first-order valence-corrected chi connectivity index (χ1v) is 16.1. The smallest absolute Gasteiger partial charge is 0.243 e. The van der Waals surface area contributed by atoms with Gasteiger partial charge in [-0.2, -0.15) is 0 Å². The van der Waals surface area contributed by atoms with E-state index < -0.39 is 16.1 Å². The number of unbranched alkanes of at least 4 members (excludes halogenated alkanes) is 1. The minimum Gasteiger partial charge on any atom is -0.354 e. The van der Waals surface area contributed by atoms with Crippen molar-refractivity contribution >= 4 is 27.5 Å². The number of aryl methyl sites for hydroxylation is 2. The second kappa shape index (κ2) is 15.4. The average molecular weight is 578 g/mol. The molecule has 0 heterocycles. The van der Waals surface area contributed by atoms with Crippen LogP contribution in [0.4, 0.5) is 5.69 Å². The summed E-state index contributed by atoms with van der Waals surface area (Å²) >= 11 is 0. The molecule has 220 valence electrons. The van der Waals surface area contributed by atoms with Crippen molar-refractivity contribution in [1.82, 2.24) is 10.2 Å². The van der Waals surface area contributed by atoms with Crippen LogP contribution in [-0.4, -0.2) is 50.5 Å². The SMILES string of the molecule is CCCCNC(=O)C(Cc1ccccc1)N(Cc1cccc(C)c1)C(=O)CCCN(c1cccc(C)c1)S(C)(=O)=O. The van der Waals surface area contributed by atoms with Gasteiger partial charge in [0.2, 0.25) is 21.8 Å². The van der Waals surface area contributed by atoms with Gasteiger partial charge in [-0.05, 0) is 55.5 Å². The highest BCUT2D eigenvalue weighted by Gasteiger charge is 2.30. The first-order valence-electron chi connectivity index (χ1n) is 14.3. The van der Waals surface area contributed by atoms with E-state index in [0.29, 0.717) is 25.1 Å². The Bertz CT molecular complexity index is 1390. The molecule has 1 unspecified atom stereocenters. The summed E-state index contributed by atoms with van der Waals surface area (Å²) in [6.07, 6.45) is 3.80. The van der Waals surface area contributed by atoms with Gasteiger partial charge < -0.3 is 10.2 Å². The lowest BCUT2D eigenvalue weighted by atomic mass is 10.0. The molecule has 0 saturated carbocycles. The number of nitrogens with zero attached hydrogens (tertiary/aromatic N) is 2. The highest BCUT2D eigenvalue weighted by Crippen LogP contribution is 2.21. The number of sulfonamides is 1. The fourth-order valence-electron chi connectivity index (χ4n) is 4.85. The van der Waals surface area contributed by atoms with E-state index in [-0.39, 0.29) is 31.3 Å². The first-order chi connectivity index (χ1) is 19.6. The number of benzene rings is 3. The quantitative estimate of drug-likeness (QED) is 0.245. The van der Waals surface area contributed by atoms with Gasteiger partial charge >= 0.3 is 0 Å². The molecular formula is C33H43N3O4S. The van der Waals surface area contributed by atoms with Crippen LogP contribution < -0.4 is 9.62 Å². The lowest BCUT2D eigenvalue weighted by molar-refractivity contribution is -0.141. The van der Waals surface area contributed by atoms with Crippen molar-refractivity contribution in [2.75, 3.05) is 23.7 Å². The summed E-state index contributed by atoms with van der Waals surface area (Å²) in [5.74, 6) is -0.364. The van der Waals surface area contributed by atoms with Crippen LogP contribution in [0.25, 0.3) is 0 Å². The van der Waals surface area contributed by atoms with Crippen LogP contribution in [0.1, 0.15) is 54.9 Å². The average Bonchev–Trinajstić information content (AvgIpc) is 2.93. The molecule has 0 bridgehead atoms. The molecule has 8 heteroatoms. The molecule has 41 heavy (non-hydrogen) atoms. The number of amides is 2. The number of hydrogen-bond acceptors (Lipinski definition) is 4. The van der Waals surface area contributed by atoms with Crippen molar-refractivity contribution < 1.29 is 18.0 Å². The molecule has 3 aromatic carbocycles. The van der Waals surface area contributed by atoms with Gasteiger partial charge in [-0.1, -0.05) is 85.6 Å². The van der Waals surface area contributed by atoms with Crippen LogP contribution in [0.3, 0.4) is 0 Å². The highest BCUT2D eigenvalue weighted by molar-refractivity contribution is 7.92. The maximum atomic E-state index is 13.9. The summed E-state index contributed by atoms with van der Waals surface area (Å²) < 4.78 is 26.6. The summed E-state index contributed by atoms with van der Waals surface area (Å²) in [7, 11) is -3.55. The second-order valence-corrected chi connectivity index (χ2v) is 12.5. The Labute approximate surface area is 245 Å². The standard InChI is InChI=1S/C33H43N3O4S/c1-5-6-20-34-33(38)31(24-28-15-8-7-9-16-28)35(25-29-17-10-13-26(2)22-29)32(37)19-12-21-36(41(4,39)40)30-18-11-14-27(3)23-30/h7-11,13-18,22-23,31H,5-6,12,19-21,24-25H2,1-4H3,(H,34,38). The Kier molecular flexibility index (Phi) is 12.0. The Hall–Kier alpha value is -3.65. The number of anilines is 1. The van der Waals surface area contributed by atoms with Crippen LogP contribution in [0.5, 0.6) is 0 Å². The van der Waals surface area contributed by atoms with Crippen molar-refractivity contribution in [3.63, 3.8) is 0 Å². The van der Waals surface area contributed by atoms with Gasteiger partial charge in [-0.25, -0.2) is 8.42 Å². The summed E-state index contributed by atoms with van der Waals surface area (Å²) in [5, 5.41) is 3.04. The second-order valence-electron chi connectivity index (χ2n) is 10.6. The summed E-state index contributed by atoms with van der Waals surface area (Å²) in [6, 6.07) is 24.3. The van der Waals surface area contributed by atoms with E-state index in [1.165, 1.54) is 10.6 Å². The Morgan fingerprint density at radius 3 is 2.15 bits per heavy atom. The van der Waals surface area contributed by atoms with Gasteiger partial charge in [0.1, 0.15) is 6.04 Å². The molecule has 3 aromatic rings. The van der Waals surface area contributed by atoms with E-state index in [2.05, 4.69) is 12.2 Å². The molecule has 0 aliphatic rings. The zero-order chi connectivity index (χ0) is 29.8. The lowest BCUT2D eigenvalue weighted by Crippen LogP contribution is -2.50. The zero-order valence-electron chi connectivity index (χ0n) is 24.7. The van der Waals surface area contributed by atoms with Gasteiger partial charge in [0.15, 0.2) is 0 Å². The van der Waals surface area contributed by atoms with Crippen molar-refractivity contribution in [1.29, 1.82) is 0 Å². The van der Waals surface area contributed by atoms with Crippen molar-refractivity contribution in [3.8, 4) is 0 Å². The van der Waals surface area contributed by atoms with E-state index >= 15 is 0 Å². The van der Waals surface area contributed by atoms with Crippen molar-refractivity contribution in [2.45, 2.75) is 65.5 Å². The maximum absolute atomic E-state index is 13.9. The van der Waals surface area contributed by atoms with Crippen LogP contribution in [0.2, 0.25) is 0 Å². The van der Waals surface area contributed by atoms with Gasteiger partial charge in [-0.15, -0.1) is 0 Å². The van der Waals surface area contributed by atoms with Gasteiger partial charge in [-0.3, -0.25) is 13.9 Å². The molecule has 0 spiro atoms. The molecule has 0 aliphatic heterocycles. The zero-order valence-corrected chi connectivity index (χ0v) is 25.5. The Morgan fingerprint density at radius 1 is 0.854 bits per heavy atom. The van der Waals surface area contributed by atoms with Crippen LogP contribution in [-0.2, 0) is 32.6 Å². The van der Waals surface area contributed by atoms with E-state index in [4.69, 9.17) is 0 Å². The molecule has 0 aliphatic carbocycles. The van der Waals surface area contributed by atoms with Gasteiger partial charge in [0, 0.05) is 32.5 Å². The Morgan fingerprint density at radius 2 is 1.51 bits per heavy atom. The van der Waals surface area contributed by atoms with E-state index in [9.17, 15) is 18.0 Å². The fraction of sp³-hybridized carbons (Fsp3) is 0.394. The van der Waals surface area contributed by atoms with Crippen LogP contribution in [0, 0.1) is 13.8 Å². The molecule has 0 fully saturated rings. The van der Waals surface area contributed by atoms with E-state index in [1.54, 1.807) is 11.0 Å². The molecule has 1 N–H and O–H groups in total.